The zero-order chi connectivity index (χ0) is 18.5. The summed E-state index contributed by atoms with van der Waals surface area (Å²) in [5.74, 6) is -1.89. The van der Waals surface area contributed by atoms with Gasteiger partial charge >= 0.3 is 5.97 Å². The number of carboxylic acids is 1. The molecule has 0 saturated carbocycles. The normalized spacial score (nSPS) is 12.3. The van der Waals surface area contributed by atoms with Crippen LogP contribution in [0.3, 0.4) is 0 Å². The number of azo groups is 1. The Labute approximate surface area is 157 Å². The molecule has 0 unspecified atom stereocenters. The number of aliphatic carboxylic acids is 1. The molecule has 0 aliphatic rings. The van der Waals surface area contributed by atoms with Gasteiger partial charge in [0.15, 0.2) is 5.76 Å². The molecule has 2 N–H and O–H groups in total. The molecule has 0 saturated heterocycles. The number of hydrogen-bond donors (Lipinski definition) is 2. The number of nitrogens with zero attached hydrogens (tertiary/aromatic N) is 4. The van der Waals surface area contributed by atoms with E-state index in [1.54, 1.807) is 22.3 Å². The lowest BCUT2D eigenvalue weighted by Crippen LogP contribution is -2.01. The first-order valence-electron chi connectivity index (χ1n) is 7.42. The lowest BCUT2D eigenvalue weighted by Gasteiger charge is -2.03. The summed E-state index contributed by atoms with van der Waals surface area (Å²) in [4.78, 5) is 11.6. The van der Waals surface area contributed by atoms with Crippen LogP contribution in [0, 0.1) is 0 Å². The molecule has 132 valence electrons. The SMILES string of the molecule is O=C(O)C(N=NCc1ccc(-n2cccn2)cc1)=C(O)c1sccc1Cl. The quantitative estimate of drug-likeness (QED) is 0.367. The first-order chi connectivity index (χ1) is 12.6. The van der Waals surface area contributed by atoms with Crippen LogP contribution in [0.5, 0.6) is 0 Å². The summed E-state index contributed by atoms with van der Waals surface area (Å²) >= 11 is 7.03. The Morgan fingerprint density at radius 3 is 2.58 bits per heavy atom. The van der Waals surface area contributed by atoms with E-state index >= 15 is 0 Å². The maximum atomic E-state index is 11.3. The van der Waals surface area contributed by atoms with Gasteiger partial charge in [0, 0.05) is 12.4 Å². The lowest BCUT2D eigenvalue weighted by atomic mass is 10.2. The standard InChI is InChI=1S/C17H13ClN4O3S/c18-13-6-9-26-16(13)15(23)14(17(24)25)21-19-10-11-2-4-12(5-3-11)22-8-1-7-20-22/h1-9,23H,10H2,(H,24,25). The second-order valence-corrected chi connectivity index (χ2v) is 6.44. The highest BCUT2D eigenvalue weighted by molar-refractivity contribution is 7.11. The number of carbonyl (C=O) groups is 1. The van der Waals surface area contributed by atoms with Crippen LogP contribution in [-0.2, 0) is 11.3 Å². The molecule has 2 aromatic heterocycles. The minimum atomic E-state index is -1.38. The number of aliphatic hydroxyl groups is 1. The predicted octanol–water partition coefficient (Wildman–Crippen LogP) is 4.55. The van der Waals surface area contributed by atoms with E-state index in [4.69, 9.17) is 11.6 Å². The van der Waals surface area contributed by atoms with Crippen molar-refractivity contribution in [2.24, 2.45) is 10.2 Å². The van der Waals surface area contributed by atoms with Gasteiger partial charge in [-0.05, 0) is 35.2 Å². The first kappa shape index (κ1) is 17.8. The van der Waals surface area contributed by atoms with Gasteiger partial charge in [-0.3, -0.25) is 0 Å². The zero-order valence-corrected chi connectivity index (χ0v) is 14.9. The fourth-order valence-electron chi connectivity index (χ4n) is 2.13. The Kier molecular flexibility index (Phi) is 5.45. The van der Waals surface area contributed by atoms with E-state index in [2.05, 4.69) is 15.3 Å². The number of hydrogen-bond acceptors (Lipinski definition) is 6. The summed E-state index contributed by atoms with van der Waals surface area (Å²) in [5, 5.41) is 33.0. The Bertz CT molecular complexity index is 962. The molecule has 9 heteroatoms. The highest BCUT2D eigenvalue weighted by atomic mass is 35.5. The van der Waals surface area contributed by atoms with Crippen LogP contribution in [0.15, 0.2) is 70.1 Å². The molecule has 0 aliphatic heterocycles. The minimum Gasteiger partial charge on any atom is -0.504 e. The molecule has 26 heavy (non-hydrogen) atoms. The molecule has 2 heterocycles. The number of rotatable bonds is 6. The summed E-state index contributed by atoms with van der Waals surface area (Å²) in [6, 6.07) is 10.8. The number of thiophene rings is 1. The zero-order valence-electron chi connectivity index (χ0n) is 13.3. The molecule has 0 radical (unpaired) electrons. The van der Waals surface area contributed by atoms with Crippen molar-refractivity contribution < 1.29 is 15.0 Å². The van der Waals surface area contributed by atoms with Crippen molar-refractivity contribution in [3.63, 3.8) is 0 Å². The molecule has 3 rings (SSSR count). The van der Waals surface area contributed by atoms with Crippen molar-refractivity contribution in [2.75, 3.05) is 0 Å². The summed E-state index contributed by atoms with van der Waals surface area (Å²) in [5.41, 5.74) is 1.18. The maximum absolute atomic E-state index is 11.3. The third-order valence-corrected chi connectivity index (χ3v) is 4.74. The molecule has 0 atom stereocenters. The average Bonchev–Trinajstić information content (AvgIpc) is 3.30. The predicted molar refractivity (Wildman–Crippen MR) is 98.6 cm³/mol. The molecule has 0 spiro atoms. The van der Waals surface area contributed by atoms with Gasteiger partial charge in [-0.1, -0.05) is 23.7 Å². The highest BCUT2D eigenvalue weighted by Crippen LogP contribution is 2.30. The Morgan fingerprint density at radius 1 is 1.23 bits per heavy atom. The molecule has 1 aromatic carbocycles. The smallest absolute Gasteiger partial charge is 0.360 e. The molecule has 0 aliphatic carbocycles. The van der Waals surface area contributed by atoms with Crippen LogP contribution < -0.4 is 0 Å². The monoisotopic (exact) mass is 388 g/mol. The number of aliphatic hydroxyl groups excluding tert-OH is 1. The van der Waals surface area contributed by atoms with Crippen LogP contribution >= 0.6 is 22.9 Å². The van der Waals surface area contributed by atoms with Gasteiger partial charge in [-0.15, -0.1) is 16.5 Å². The van der Waals surface area contributed by atoms with Crippen molar-refractivity contribution >= 4 is 34.7 Å². The van der Waals surface area contributed by atoms with Gasteiger partial charge in [0.25, 0.3) is 0 Å². The van der Waals surface area contributed by atoms with Gasteiger partial charge in [0.2, 0.25) is 5.70 Å². The highest BCUT2D eigenvalue weighted by Gasteiger charge is 2.18. The van der Waals surface area contributed by atoms with Crippen molar-refractivity contribution in [1.82, 2.24) is 9.78 Å². The van der Waals surface area contributed by atoms with E-state index in [0.717, 1.165) is 22.6 Å². The summed E-state index contributed by atoms with van der Waals surface area (Å²) < 4.78 is 1.72. The third-order valence-electron chi connectivity index (χ3n) is 3.39. The van der Waals surface area contributed by atoms with Crippen molar-refractivity contribution in [3.8, 4) is 5.69 Å². The number of halogens is 1. The second-order valence-electron chi connectivity index (χ2n) is 5.12. The van der Waals surface area contributed by atoms with E-state index in [1.165, 1.54) is 0 Å². The summed E-state index contributed by atoms with van der Waals surface area (Å²) in [6.07, 6.45) is 3.52. The third kappa shape index (κ3) is 3.98. The summed E-state index contributed by atoms with van der Waals surface area (Å²) in [6.45, 7) is 0.168. The van der Waals surface area contributed by atoms with E-state index in [0.29, 0.717) is 0 Å². The number of carboxylic acid groups (broad SMARTS) is 1. The molecule has 7 nitrogen and oxygen atoms in total. The summed E-state index contributed by atoms with van der Waals surface area (Å²) in [7, 11) is 0. The van der Waals surface area contributed by atoms with E-state index in [9.17, 15) is 15.0 Å². The van der Waals surface area contributed by atoms with E-state index < -0.39 is 17.4 Å². The average molecular weight is 389 g/mol. The number of aromatic nitrogens is 2. The van der Waals surface area contributed by atoms with Crippen molar-refractivity contribution in [1.29, 1.82) is 0 Å². The minimum absolute atomic E-state index is 0.168. The van der Waals surface area contributed by atoms with Gasteiger partial charge < -0.3 is 10.2 Å². The van der Waals surface area contributed by atoms with Crippen molar-refractivity contribution in [3.05, 3.63) is 75.3 Å². The van der Waals surface area contributed by atoms with E-state index in [1.807, 2.05) is 36.5 Å². The largest absolute Gasteiger partial charge is 0.504 e. The van der Waals surface area contributed by atoms with Crippen molar-refractivity contribution in [2.45, 2.75) is 6.54 Å². The van der Waals surface area contributed by atoms with Gasteiger partial charge in [-0.25, -0.2) is 9.48 Å². The van der Waals surface area contributed by atoms with Gasteiger partial charge in [0.05, 0.1) is 22.1 Å². The first-order valence-corrected chi connectivity index (χ1v) is 8.68. The molecule has 0 bridgehead atoms. The molecular formula is C17H13ClN4O3S. The van der Waals surface area contributed by atoms with Crippen LogP contribution in [0.1, 0.15) is 10.4 Å². The fourth-order valence-corrected chi connectivity index (χ4v) is 3.21. The maximum Gasteiger partial charge on any atom is 0.360 e. The number of benzene rings is 1. The van der Waals surface area contributed by atoms with Crippen LogP contribution in [0.2, 0.25) is 5.02 Å². The molecule has 3 aromatic rings. The molecule has 0 fully saturated rings. The Morgan fingerprint density at radius 2 is 2.00 bits per heavy atom. The van der Waals surface area contributed by atoms with Crippen LogP contribution in [0.25, 0.3) is 11.4 Å². The van der Waals surface area contributed by atoms with Gasteiger partial charge in [-0.2, -0.15) is 10.2 Å². The topological polar surface area (TPSA) is 100 Å². The van der Waals surface area contributed by atoms with Crippen LogP contribution in [-0.4, -0.2) is 26.0 Å². The fraction of sp³-hybridized carbons (Fsp3) is 0.0588. The Balaban J connectivity index is 1.75. The second kappa shape index (κ2) is 7.94. The molecular weight excluding hydrogens is 376 g/mol. The lowest BCUT2D eigenvalue weighted by molar-refractivity contribution is -0.132. The van der Waals surface area contributed by atoms with Crippen LogP contribution in [0.4, 0.5) is 0 Å². The molecule has 0 amide bonds. The Hall–Kier alpha value is -2.97. The van der Waals surface area contributed by atoms with E-state index in [-0.39, 0.29) is 16.4 Å². The van der Waals surface area contributed by atoms with Gasteiger partial charge in [0.1, 0.15) is 0 Å².